The summed E-state index contributed by atoms with van der Waals surface area (Å²) in [5.41, 5.74) is 0. The van der Waals surface area contributed by atoms with Crippen molar-refractivity contribution in [2.45, 2.75) is 34.1 Å². The number of hydrogen-bond acceptors (Lipinski definition) is 2. The smallest absolute Gasteiger partial charge is 0.00109 e. The molecule has 0 aliphatic heterocycles. The van der Waals surface area contributed by atoms with Crippen molar-refractivity contribution in [2.75, 3.05) is 26.2 Å². The van der Waals surface area contributed by atoms with Crippen LogP contribution in [0.5, 0.6) is 0 Å². The Morgan fingerprint density at radius 2 is 1.38 bits per heavy atom. The topological polar surface area (TPSA) is 24.1 Å². The molecule has 0 aliphatic carbocycles. The molecule has 0 aromatic rings. The van der Waals surface area contributed by atoms with Crippen molar-refractivity contribution in [1.82, 2.24) is 10.6 Å². The summed E-state index contributed by atoms with van der Waals surface area (Å²) in [5, 5.41) is 6.86. The molecule has 0 bridgehead atoms. The molecule has 2 nitrogen and oxygen atoms in total. The van der Waals surface area contributed by atoms with Gasteiger partial charge in [0.05, 0.1) is 0 Å². The predicted molar refractivity (Wildman–Crippen MR) is 60.0 cm³/mol. The molecule has 0 saturated heterocycles. The Balaban J connectivity index is 3.21. The van der Waals surface area contributed by atoms with Gasteiger partial charge in [0.25, 0.3) is 0 Å². The minimum Gasteiger partial charge on any atom is -0.317 e. The Hall–Kier alpha value is -0.0800. The van der Waals surface area contributed by atoms with Gasteiger partial charge in [-0.3, -0.25) is 0 Å². The van der Waals surface area contributed by atoms with E-state index in [2.05, 4.69) is 38.3 Å². The highest BCUT2D eigenvalue weighted by Crippen LogP contribution is 1.98. The average Bonchev–Trinajstić information content (AvgIpc) is 2.14. The molecule has 0 radical (unpaired) electrons. The summed E-state index contributed by atoms with van der Waals surface area (Å²) >= 11 is 0. The first-order valence-corrected chi connectivity index (χ1v) is 5.62. The van der Waals surface area contributed by atoms with E-state index < -0.39 is 0 Å². The van der Waals surface area contributed by atoms with Crippen LogP contribution < -0.4 is 10.6 Å². The van der Waals surface area contributed by atoms with E-state index in [0.717, 1.165) is 38.0 Å². The minimum atomic E-state index is 0.740. The molecular formula is C11H26N2. The molecule has 0 fully saturated rings. The zero-order valence-corrected chi connectivity index (χ0v) is 9.69. The molecule has 2 atom stereocenters. The van der Waals surface area contributed by atoms with Crippen LogP contribution in [0.4, 0.5) is 0 Å². The molecule has 0 aromatic heterocycles. The van der Waals surface area contributed by atoms with Gasteiger partial charge in [0.2, 0.25) is 0 Å². The predicted octanol–water partition coefficient (Wildman–Crippen LogP) is 1.87. The van der Waals surface area contributed by atoms with Crippen LogP contribution in [0.25, 0.3) is 0 Å². The molecule has 0 spiro atoms. The molecule has 0 saturated carbocycles. The lowest BCUT2D eigenvalue weighted by Crippen LogP contribution is -2.31. The molecule has 0 amide bonds. The Kier molecular flexibility index (Phi) is 8.46. The minimum absolute atomic E-state index is 0.740. The van der Waals surface area contributed by atoms with Crippen LogP contribution in [0.1, 0.15) is 34.1 Å². The second kappa shape index (κ2) is 8.52. The van der Waals surface area contributed by atoms with Crippen molar-refractivity contribution < 1.29 is 0 Å². The van der Waals surface area contributed by atoms with E-state index in [9.17, 15) is 0 Å². The van der Waals surface area contributed by atoms with Gasteiger partial charge in [0.15, 0.2) is 0 Å². The largest absolute Gasteiger partial charge is 0.317 e. The normalized spacial score (nSPS) is 15.7. The van der Waals surface area contributed by atoms with E-state index >= 15 is 0 Å². The number of hydrogen-bond donors (Lipinski definition) is 2. The SMILES string of the molecule is CCNCC(C)CNCC(C)CC. The van der Waals surface area contributed by atoms with Gasteiger partial charge in [-0.1, -0.05) is 34.1 Å². The highest BCUT2D eigenvalue weighted by Gasteiger charge is 2.01. The zero-order valence-electron chi connectivity index (χ0n) is 9.69. The first-order valence-electron chi connectivity index (χ1n) is 5.62. The number of rotatable bonds is 8. The van der Waals surface area contributed by atoms with E-state index in [0.29, 0.717) is 0 Å². The maximum atomic E-state index is 3.50. The van der Waals surface area contributed by atoms with Crippen molar-refractivity contribution in [3.05, 3.63) is 0 Å². The van der Waals surface area contributed by atoms with Crippen LogP contribution in [-0.2, 0) is 0 Å². The quantitative estimate of drug-likeness (QED) is 0.605. The van der Waals surface area contributed by atoms with Crippen LogP contribution in [0, 0.1) is 11.8 Å². The molecule has 0 aromatic carbocycles. The van der Waals surface area contributed by atoms with Crippen molar-refractivity contribution in [2.24, 2.45) is 11.8 Å². The summed E-state index contributed by atoms with van der Waals surface area (Å²) in [6, 6.07) is 0. The Labute approximate surface area is 83.5 Å². The Morgan fingerprint density at radius 3 is 1.92 bits per heavy atom. The Bertz CT molecular complexity index is 104. The van der Waals surface area contributed by atoms with Gasteiger partial charge in [0.1, 0.15) is 0 Å². The fourth-order valence-electron chi connectivity index (χ4n) is 1.18. The average molecular weight is 186 g/mol. The summed E-state index contributed by atoms with van der Waals surface area (Å²) in [7, 11) is 0. The van der Waals surface area contributed by atoms with Crippen molar-refractivity contribution >= 4 is 0 Å². The van der Waals surface area contributed by atoms with Gasteiger partial charge in [0, 0.05) is 0 Å². The molecular weight excluding hydrogens is 160 g/mol. The highest BCUT2D eigenvalue weighted by molar-refractivity contribution is 4.61. The fraction of sp³-hybridized carbons (Fsp3) is 1.00. The van der Waals surface area contributed by atoms with E-state index in [4.69, 9.17) is 0 Å². The van der Waals surface area contributed by atoms with E-state index in [-0.39, 0.29) is 0 Å². The molecule has 0 rings (SSSR count). The maximum Gasteiger partial charge on any atom is -0.00109 e. The third kappa shape index (κ3) is 8.26. The van der Waals surface area contributed by atoms with Gasteiger partial charge in [-0.05, 0) is 38.0 Å². The second-order valence-electron chi connectivity index (χ2n) is 4.08. The van der Waals surface area contributed by atoms with Crippen LogP contribution in [0.15, 0.2) is 0 Å². The molecule has 2 unspecified atom stereocenters. The Morgan fingerprint density at radius 1 is 0.846 bits per heavy atom. The summed E-state index contributed by atoms with van der Waals surface area (Å²) < 4.78 is 0. The van der Waals surface area contributed by atoms with E-state index in [1.54, 1.807) is 0 Å². The molecule has 2 N–H and O–H groups in total. The first kappa shape index (κ1) is 12.9. The zero-order chi connectivity index (χ0) is 10.1. The molecule has 0 heterocycles. The first-order chi connectivity index (χ1) is 6.20. The van der Waals surface area contributed by atoms with Gasteiger partial charge in [-0.2, -0.15) is 0 Å². The molecule has 80 valence electrons. The van der Waals surface area contributed by atoms with Gasteiger partial charge in [-0.15, -0.1) is 0 Å². The summed E-state index contributed by atoms with van der Waals surface area (Å²) in [6.45, 7) is 13.5. The molecule has 2 heteroatoms. The lowest BCUT2D eigenvalue weighted by Gasteiger charge is -2.15. The van der Waals surface area contributed by atoms with Crippen LogP contribution >= 0.6 is 0 Å². The van der Waals surface area contributed by atoms with Crippen LogP contribution in [0.3, 0.4) is 0 Å². The van der Waals surface area contributed by atoms with E-state index in [1.807, 2.05) is 0 Å². The van der Waals surface area contributed by atoms with Gasteiger partial charge >= 0.3 is 0 Å². The lowest BCUT2D eigenvalue weighted by molar-refractivity contribution is 0.437. The summed E-state index contributed by atoms with van der Waals surface area (Å²) in [4.78, 5) is 0. The third-order valence-corrected chi connectivity index (χ3v) is 2.43. The van der Waals surface area contributed by atoms with Crippen molar-refractivity contribution in [3.63, 3.8) is 0 Å². The van der Waals surface area contributed by atoms with Gasteiger partial charge < -0.3 is 10.6 Å². The monoisotopic (exact) mass is 186 g/mol. The van der Waals surface area contributed by atoms with Gasteiger partial charge in [-0.25, -0.2) is 0 Å². The highest BCUT2D eigenvalue weighted by atomic mass is 14.9. The van der Waals surface area contributed by atoms with Crippen LogP contribution in [0.2, 0.25) is 0 Å². The maximum absolute atomic E-state index is 3.50. The van der Waals surface area contributed by atoms with E-state index in [1.165, 1.54) is 6.42 Å². The van der Waals surface area contributed by atoms with Crippen molar-refractivity contribution in [3.8, 4) is 0 Å². The summed E-state index contributed by atoms with van der Waals surface area (Å²) in [5.74, 6) is 1.55. The third-order valence-electron chi connectivity index (χ3n) is 2.43. The second-order valence-corrected chi connectivity index (χ2v) is 4.08. The van der Waals surface area contributed by atoms with Crippen LogP contribution in [-0.4, -0.2) is 26.2 Å². The lowest BCUT2D eigenvalue weighted by atomic mass is 10.1. The summed E-state index contributed by atoms with van der Waals surface area (Å²) in [6.07, 6.45) is 1.27. The number of nitrogens with one attached hydrogen (secondary N) is 2. The molecule has 13 heavy (non-hydrogen) atoms. The molecule has 0 aliphatic rings. The fourth-order valence-corrected chi connectivity index (χ4v) is 1.18. The standard InChI is InChI=1S/C11H26N2/c1-5-10(3)7-13-9-11(4)8-12-6-2/h10-13H,5-9H2,1-4H3. The van der Waals surface area contributed by atoms with Crippen molar-refractivity contribution in [1.29, 1.82) is 0 Å².